The van der Waals surface area contributed by atoms with E-state index in [1.165, 1.54) is 17.4 Å². The van der Waals surface area contributed by atoms with Crippen molar-refractivity contribution in [3.8, 4) is 5.75 Å². The first kappa shape index (κ1) is 15.3. The highest BCUT2D eigenvalue weighted by Crippen LogP contribution is 2.18. The van der Waals surface area contributed by atoms with Crippen molar-refractivity contribution in [2.24, 2.45) is 0 Å². The van der Waals surface area contributed by atoms with E-state index in [0.29, 0.717) is 5.75 Å². The summed E-state index contributed by atoms with van der Waals surface area (Å²) in [6.45, 7) is 0.186. The third-order valence-corrected chi connectivity index (χ3v) is 3.65. The van der Waals surface area contributed by atoms with Gasteiger partial charge < -0.3 is 15.2 Å². The molecule has 0 radical (unpaired) electrons. The molecule has 1 heterocycles. The Morgan fingerprint density at radius 1 is 1.43 bits per heavy atom. The van der Waals surface area contributed by atoms with Crippen LogP contribution < -0.4 is 10.1 Å². The molecule has 5 heteroatoms. The van der Waals surface area contributed by atoms with Crippen molar-refractivity contribution in [3.63, 3.8) is 0 Å². The van der Waals surface area contributed by atoms with Crippen LogP contribution in [0.4, 0.5) is 0 Å². The summed E-state index contributed by atoms with van der Waals surface area (Å²) in [4.78, 5) is 11.7. The summed E-state index contributed by atoms with van der Waals surface area (Å²) in [7, 11) is 1.59. The van der Waals surface area contributed by atoms with Gasteiger partial charge in [-0.2, -0.15) is 11.3 Å². The summed E-state index contributed by atoms with van der Waals surface area (Å²) < 4.78 is 5.20. The van der Waals surface area contributed by atoms with Crippen LogP contribution in [0.2, 0.25) is 0 Å². The van der Waals surface area contributed by atoms with Gasteiger partial charge in [0.15, 0.2) is 0 Å². The Morgan fingerprint density at radius 3 is 2.95 bits per heavy atom. The molecule has 0 fully saturated rings. The van der Waals surface area contributed by atoms with Crippen LogP contribution in [-0.4, -0.2) is 24.7 Å². The number of ether oxygens (including phenoxy) is 1. The molecule has 1 aromatic carbocycles. The zero-order chi connectivity index (χ0) is 15.1. The predicted molar refractivity (Wildman–Crippen MR) is 84.3 cm³/mol. The molecule has 1 atom stereocenters. The largest absolute Gasteiger partial charge is 0.496 e. The molecule has 0 bridgehead atoms. The van der Waals surface area contributed by atoms with Crippen molar-refractivity contribution in [1.29, 1.82) is 0 Å². The lowest BCUT2D eigenvalue weighted by molar-refractivity contribution is -0.116. The summed E-state index contributed by atoms with van der Waals surface area (Å²) in [5, 5.41) is 16.3. The Morgan fingerprint density at radius 2 is 2.24 bits per heavy atom. The van der Waals surface area contributed by atoms with Gasteiger partial charge in [-0.3, -0.25) is 4.79 Å². The minimum atomic E-state index is -0.681. The maximum Gasteiger partial charge on any atom is 0.244 e. The minimum absolute atomic E-state index is 0.186. The number of hydrogen-bond acceptors (Lipinski definition) is 4. The van der Waals surface area contributed by atoms with Crippen molar-refractivity contribution >= 4 is 23.3 Å². The van der Waals surface area contributed by atoms with E-state index in [2.05, 4.69) is 5.32 Å². The monoisotopic (exact) mass is 303 g/mol. The Labute approximate surface area is 127 Å². The maximum absolute atomic E-state index is 11.7. The maximum atomic E-state index is 11.7. The second-order valence-electron chi connectivity index (χ2n) is 4.39. The van der Waals surface area contributed by atoms with Crippen LogP contribution in [0.15, 0.2) is 47.2 Å². The standard InChI is InChI=1S/C16H17NO3S/c1-20-15-5-3-2-4-12(15)6-7-16(19)17-10-14(18)13-8-9-21-11-13/h2-9,11,14,18H,10H2,1H3,(H,17,19)/b7-6+. The summed E-state index contributed by atoms with van der Waals surface area (Å²) in [6.07, 6.45) is 2.43. The van der Waals surface area contributed by atoms with E-state index in [0.717, 1.165) is 11.1 Å². The SMILES string of the molecule is COc1ccccc1/C=C/C(=O)NCC(O)c1ccsc1. The Hall–Kier alpha value is -2.11. The van der Waals surface area contributed by atoms with Gasteiger partial charge in [-0.15, -0.1) is 0 Å². The van der Waals surface area contributed by atoms with E-state index in [-0.39, 0.29) is 12.5 Å². The quantitative estimate of drug-likeness (QED) is 0.807. The van der Waals surface area contributed by atoms with Crippen LogP contribution in [0.3, 0.4) is 0 Å². The van der Waals surface area contributed by atoms with Crippen molar-refractivity contribution in [3.05, 3.63) is 58.3 Å². The molecular formula is C16H17NO3S. The molecule has 2 N–H and O–H groups in total. The first-order valence-corrected chi connectivity index (χ1v) is 7.44. The first-order chi connectivity index (χ1) is 10.2. The van der Waals surface area contributed by atoms with Crippen LogP contribution in [0.5, 0.6) is 5.75 Å². The van der Waals surface area contributed by atoms with E-state index < -0.39 is 6.10 Å². The molecule has 0 aliphatic carbocycles. The predicted octanol–water partition coefficient (Wildman–Crippen LogP) is 2.62. The average Bonchev–Trinajstić information content (AvgIpc) is 3.05. The van der Waals surface area contributed by atoms with E-state index in [4.69, 9.17) is 4.74 Å². The lowest BCUT2D eigenvalue weighted by Crippen LogP contribution is -2.26. The highest BCUT2D eigenvalue weighted by Gasteiger charge is 2.08. The molecule has 0 aliphatic heterocycles. The highest BCUT2D eigenvalue weighted by atomic mass is 32.1. The van der Waals surface area contributed by atoms with Gasteiger partial charge in [0.2, 0.25) is 5.91 Å². The number of methoxy groups -OCH3 is 1. The van der Waals surface area contributed by atoms with Gasteiger partial charge in [0.05, 0.1) is 13.2 Å². The molecular weight excluding hydrogens is 286 g/mol. The van der Waals surface area contributed by atoms with Crippen molar-refractivity contribution in [2.45, 2.75) is 6.10 Å². The smallest absolute Gasteiger partial charge is 0.244 e. The summed E-state index contributed by atoms with van der Waals surface area (Å²) in [5.74, 6) is 0.454. The van der Waals surface area contributed by atoms with Crippen LogP contribution in [0, 0.1) is 0 Å². The van der Waals surface area contributed by atoms with Gasteiger partial charge in [-0.05, 0) is 34.5 Å². The van der Waals surface area contributed by atoms with Crippen molar-refractivity contribution in [2.75, 3.05) is 13.7 Å². The number of carbonyl (C=O) groups excluding carboxylic acids is 1. The molecule has 0 aliphatic rings. The van der Waals surface area contributed by atoms with Crippen LogP contribution in [0.25, 0.3) is 6.08 Å². The number of rotatable bonds is 6. The Bertz CT molecular complexity index is 608. The number of carbonyl (C=O) groups is 1. The fourth-order valence-electron chi connectivity index (χ4n) is 1.81. The lowest BCUT2D eigenvalue weighted by Gasteiger charge is -2.09. The molecule has 1 unspecified atom stereocenters. The van der Waals surface area contributed by atoms with Crippen LogP contribution in [0.1, 0.15) is 17.2 Å². The molecule has 2 aromatic rings. The number of para-hydroxylation sites is 1. The molecule has 0 saturated carbocycles. The van der Waals surface area contributed by atoms with Gasteiger partial charge >= 0.3 is 0 Å². The third-order valence-electron chi connectivity index (χ3n) is 2.95. The van der Waals surface area contributed by atoms with Crippen molar-refractivity contribution in [1.82, 2.24) is 5.32 Å². The number of aliphatic hydroxyl groups is 1. The molecule has 1 amide bonds. The topological polar surface area (TPSA) is 58.6 Å². The number of benzene rings is 1. The number of amides is 1. The molecule has 0 saturated heterocycles. The van der Waals surface area contributed by atoms with E-state index in [1.807, 2.05) is 41.1 Å². The molecule has 4 nitrogen and oxygen atoms in total. The number of aliphatic hydroxyl groups excluding tert-OH is 1. The van der Waals surface area contributed by atoms with Gasteiger partial charge in [-0.1, -0.05) is 18.2 Å². The molecule has 0 spiro atoms. The zero-order valence-electron chi connectivity index (χ0n) is 11.7. The number of thiophene rings is 1. The van der Waals surface area contributed by atoms with Gasteiger partial charge in [0.1, 0.15) is 5.75 Å². The fraction of sp³-hybridized carbons (Fsp3) is 0.188. The zero-order valence-corrected chi connectivity index (χ0v) is 12.5. The summed E-state index contributed by atoms with van der Waals surface area (Å²) in [5.41, 5.74) is 1.64. The van der Waals surface area contributed by atoms with Crippen LogP contribution >= 0.6 is 11.3 Å². The highest BCUT2D eigenvalue weighted by molar-refractivity contribution is 7.07. The molecule has 1 aromatic heterocycles. The van der Waals surface area contributed by atoms with Crippen LogP contribution in [-0.2, 0) is 4.79 Å². The third kappa shape index (κ3) is 4.44. The van der Waals surface area contributed by atoms with Gasteiger partial charge in [0.25, 0.3) is 0 Å². The normalized spacial score (nSPS) is 12.3. The summed E-state index contributed by atoms with van der Waals surface area (Å²) in [6, 6.07) is 9.28. The molecule has 110 valence electrons. The van der Waals surface area contributed by atoms with E-state index in [1.54, 1.807) is 13.2 Å². The molecule has 2 rings (SSSR count). The fourth-order valence-corrected chi connectivity index (χ4v) is 2.52. The van der Waals surface area contributed by atoms with Gasteiger partial charge in [-0.25, -0.2) is 0 Å². The summed E-state index contributed by atoms with van der Waals surface area (Å²) >= 11 is 1.51. The molecule has 21 heavy (non-hydrogen) atoms. The number of nitrogens with one attached hydrogen (secondary N) is 1. The average molecular weight is 303 g/mol. The second kappa shape index (κ2) is 7.61. The Balaban J connectivity index is 1.88. The van der Waals surface area contributed by atoms with E-state index >= 15 is 0 Å². The lowest BCUT2D eigenvalue weighted by atomic mass is 10.2. The van der Waals surface area contributed by atoms with Crippen molar-refractivity contribution < 1.29 is 14.6 Å². The first-order valence-electron chi connectivity index (χ1n) is 6.50. The second-order valence-corrected chi connectivity index (χ2v) is 5.17. The number of hydrogen-bond donors (Lipinski definition) is 2. The van der Waals surface area contributed by atoms with Gasteiger partial charge in [0, 0.05) is 18.2 Å². The Kier molecular flexibility index (Phi) is 5.54. The minimum Gasteiger partial charge on any atom is -0.496 e. The van der Waals surface area contributed by atoms with E-state index in [9.17, 15) is 9.90 Å².